The second kappa shape index (κ2) is 12.7. The molecule has 11 heteroatoms. The summed E-state index contributed by atoms with van der Waals surface area (Å²) >= 11 is 0. The first-order chi connectivity index (χ1) is 20.6. The molecule has 0 radical (unpaired) electrons. The first-order valence-corrected chi connectivity index (χ1v) is 16.6. The van der Waals surface area contributed by atoms with E-state index in [0.717, 1.165) is 12.8 Å². The van der Waals surface area contributed by atoms with Gasteiger partial charge in [-0.15, -0.1) is 0 Å². The molecule has 0 spiro atoms. The molecule has 4 aliphatic carbocycles. The van der Waals surface area contributed by atoms with Gasteiger partial charge in [-0.25, -0.2) is 0 Å². The summed E-state index contributed by atoms with van der Waals surface area (Å²) in [7, 11) is 0. The van der Waals surface area contributed by atoms with Crippen LogP contribution in [0.2, 0.25) is 0 Å². The van der Waals surface area contributed by atoms with E-state index in [1.54, 1.807) is 0 Å². The van der Waals surface area contributed by atoms with Crippen LogP contribution in [0.5, 0.6) is 0 Å². The molecule has 254 valence electrons. The van der Waals surface area contributed by atoms with E-state index in [2.05, 4.69) is 26.0 Å². The third-order valence-corrected chi connectivity index (χ3v) is 12.8. The molecule has 0 aromatic carbocycles. The van der Waals surface area contributed by atoms with Crippen molar-refractivity contribution in [1.29, 1.82) is 0 Å². The molecule has 5 rings (SSSR count). The van der Waals surface area contributed by atoms with E-state index in [0.29, 0.717) is 25.7 Å². The predicted molar refractivity (Wildman–Crippen MR) is 159 cm³/mol. The summed E-state index contributed by atoms with van der Waals surface area (Å²) in [5, 5.41) is 95.7. The maximum absolute atomic E-state index is 12.5. The number of aliphatic hydroxyl groups is 9. The Balaban J connectivity index is 1.21. The fourth-order valence-electron chi connectivity index (χ4n) is 10.7. The zero-order valence-electron chi connectivity index (χ0n) is 26.5. The standard InChI is InChI=1S/C33H56O11/c1-16(15-43-30-27(41)26(40)28(44-30)22(38)14-34)6-5-7-17(2)18-12-20(36)29-31(18,3)11-9-23-32(4)10-8-19(35)25(39)24(32)21(37)13-33(23,29)42/h5,7,16-30,34-42H,6,8-15H2,1-4H3. The van der Waals surface area contributed by atoms with Crippen LogP contribution in [0.1, 0.15) is 72.6 Å². The molecular weight excluding hydrogens is 572 g/mol. The highest BCUT2D eigenvalue weighted by atomic mass is 16.7. The number of allylic oxidation sites excluding steroid dienone is 2. The zero-order chi connectivity index (χ0) is 32.4. The van der Waals surface area contributed by atoms with Crippen molar-refractivity contribution in [1.82, 2.24) is 0 Å². The summed E-state index contributed by atoms with van der Waals surface area (Å²) in [4.78, 5) is 0. The second-order valence-electron chi connectivity index (χ2n) is 15.5. The van der Waals surface area contributed by atoms with Gasteiger partial charge in [-0.3, -0.25) is 0 Å². The van der Waals surface area contributed by atoms with Gasteiger partial charge in [-0.1, -0.05) is 39.8 Å². The lowest BCUT2D eigenvalue weighted by Crippen LogP contribution is -2.70. The summed E-state index contributed by atoms with van der Waals surface area (Å²) in [6.07, 6.45) is -1.65. The molecule has 18 unspecified atom stereocenters. The monoisotopic (exact) mass is 628 g/mol. The van der Waals surface area contributed by atoms with Gasteiger partial charge in [0.2, 0.25) is 0 Å². The number of hydrogen-bond acceptors (Lipinski definition) is 11. The molecule has 11 nitrogen and oxygen atoms in total. The van der Waals surface area contributed by atoms with Crippen molar-refractivity contribution in [2.75, 3.05) is 13.2 Å². The maximum atomic E-state index is 12.5. The number of fused-ring (bicyclic) bond motifs is 5. The van der Waals surface area contributed by atoms with Crippen LogP contribution in [-0.4, -0.2) is 120 Å². The predicted octanol–water partition coefficient (Wildman–Crippen LogP) is 0.0685. The molecule has 0 aromatic heterocycles. The fraction of sp³-hybridized carbons (Fsp3) is 0.939. The molecule has 18 atom stereocenters. The molecular formula is C33H56O11. The highest BCUT2D eigenvalue weighted by Gasteiger charge is 2.71. The first-order valence-electron chi connectivity index (χ1n) is 16.6. The Bertz CT molecular complexity index is 1030. The van der Waals surface area contributed by atoms with Crippen molar-refractivity contribution >= 4 is 0 Å². The van der Waals surface area contributed by atoms with E-state index in [1.807, 2.05) is 13.8 Å². The van der Waals surface area contributed by atoms with Gasteiger partial charge in [-0.2, -0.15) is 0 Å². The van der Waals surface area contributed by atoms with Crippen molar-refractivity contribution in [3.8, 4) is 0 Å². The molecule has 0 aromatic rings. The Labute approximate surface area is 260 Å². The van der Waals surface area contributed by atoms with E-state index in [-0.39, 0.29) is 42.1 Å². The van der Waals surface area contributed by atoms with Gasteiger partial charge in [0.1, 0.15) is 24.4 Å². The topological polar surface area (TPSA) is 201 Å². The average molecular weight is 629 g/mol. The summed E-state index contributed by atoms with van der Waals surface area (Å²) < 4.78 is 11.1. The van der Waals surface area contributed by atoms with Gasteiger partial charge in [-0.05, 0) is 73.0 Å². The lowest BCUT2D eigenvalue weighted by Gasteiger charge is -2.66. The molecule has 4 saturated carbocycles. The molecule has 0 bridgehead atoms. The van der Waals surface area contributed by atoms with Gasteiger partial charge < -0.3 is 55.4 Å². The fourth-order valence-corrected chi connectivity index (χ4v) is 10.7. The van der Waals surface area contributed by atoms with E-state index in [9.17, 15) is 40.9 Å². The Morgan fingerprint density at radius 2 is 1.59 bits per heavy atom. The third kappa shape index (κ3) is 5.61. The van der Waals surface area contributed by atoms with E-state index >= 15 is 0 Å². The Morgan fingerprint density at radius 1 is 0.909 bits per heavy atom. The lowest BCUT2D eigenvalue weighted by molar-refractivity contribution is -0.280. The quantitative estimate of drug-likeness (QED) is 0.157. The Kier molecular flexibility index (Phi) is 10.0. The number of rotatable bonds is 9. The van der Waals surface area contributed by atoms with Crippen LogP contribution in [-0.2, 0) is 9.47 Å². The van der Waals surface area contributed by atoms with Gasteiger partial charge in [0, 0.05) is 18.3 Å². The molecule has 0 amide bonds. The van der Waals surface area contributed by atoms with Crippen LogP contribution < -0.4 is 0 Å². The lowest BCUT2D eigenvalue weighted by atomic mass is 9.41. The number of hydrogen-bond donors (Lipinski definition) is 9. The largest absolute Gasteiger partial charge is 0.394 e. The summed E-state index contributed by atoms with van der Waals surface area (Å²) in [6.45, 7) is 8.00. The highest BCUT2D eigenvalue weighted by Crippen LogP contribution is 2.69. The van der Waals surface area contributed by atoms with Gasteiger partial charge in [0.05, 0.1) is 43.2 Å². The molecule has 1 saturated heterocycles. The number of aliphatic hydroxyl groups excluding tert-OH is 8. The van der Waals surface area contributed by atoms with Crippen LogP contribution in [0.25, 0.3) is 0 Å². The Morgan fingerprint density at radius 3 is 2.27 bits per heavy atom. The third-order valence-electron chi connectivity index (χ3n) is 12.8. The van der Waals surface area contributed by atoms with Crippen molar-refractivity contribution in [3.63, 3.8) is 0 Å². The minimum atomic E-state index is -1.36. The van der Waals surface area contributed by atoms with Crippen LogP contribution in [0.4, 0.5) is 0 Å². The molecule has 5 aliphatic rings. The van der Waals surface area contributed by atoms with Crippen LogP contribution in [0.3, 0.4) is 0 Å². The van der Waals surface area contributed by atoms with Crippen molar-refractivity contribution in [2.45, 2.75) is 133 Å². The Hall–Kier alpha value is -0.700. The maximum Gasteiger partial charge on any atom is 0.186 e. The molecule has 1 aliphatic heterocycles. The molecule has 5 fully saturated rings. The minimum absolute atomic E-state index is 0.0589. The number of ether oxygens (including phenoxy) is 2. The second-order valence-corrected chi connectivity index (χ2v) is 15.5. The van der Waals surface area contributed by atoms with E-state index in [1.165, 1.54) is 0 Å². The summed E-state index contributed by atoms with van der Waals surface area (Å²) in [5.74, 6) is -0.801. The molecule has 1 heterocycles. The van der Waals surface area contributed by atoms with Crippen LogP contribution in [0, 0.1) is 46.3 Å². The van der Waals surface area contributed by atoms with Crippen LogP contribution in [0.15, 0.2) is 12.2 Å². The SMILES string of the molecule is CC(CC=CC(C)C1CC(O)C2C1(C)CCC1C3(C)CCC(O)C(O)C3C(O)CC12O)COC1OC(C(O)CO)C(O)C1O. The van der Waals surface area contributed by atoms with Crippen molar-refractivity contribution < 1.29 is 55.4 Å². The van der Waals surface area contributed by atoms with E-state index < -0.39 is 84.6 Å². The average Bonchev–Trinajstić information content (AvgIpc) is 3.40. The normalized spacial score (nSPS) is 52.8. The van der Waals surface area contributed by atoms with E-state index in [4.69, 9.17) is 14.6 Å². The summed E-state index contributed by atoms with van der Waals surface area (Å²) in [6, 6.07) is 0. The zero-order valence-corrected chi connectivity index (χ0v) is 26.5. The van der Waals surface area contributed by atoms with Gasteiger partial charge in [0.25, 0.3) is 0 Å². The van der Waals surface area contributed by atoms with Gasteiger partial charge >= 0.3 is 0 Å². The van der Waals surface area contributed by atoms with Crippen LogP contribution >= 0.6 is 0 Å². The summed E-state index contributed by atoms with van der Waals surface area (Å²) in [5.41, 5.74) is -2.15. The van der Waals surface area contributed by atoms with Crippen molar-refractivity contribution in [3.05, 3.63) is 12.2 Å². The highest BCUT2D eigenvalue weighted by molar-refractivity contribution is 5.21. The first kappa shape index (κ1) is 34.6. The minimum Gasteiger partial charge on any atom is -0.394 e. The van der Waals surface area contributed by atoms with Crippen molar-refractivity contribution in [2.24, 2.45) is 46.3 Å². The van der Waals surface area contributed by atoms with Gasteiger partial charge in [0.15, 0.2) is 6.29 Å². The smallest absolute Gasteiger partial charge is 0.186 e. The molecule has 9 N–H and O–H groups in total. The molecule has 44 heavy (non-hydrogen) atoms.